The Morgan fingerprint density at radius 2 is 2.05 bits per heavy atom. The summed E-state index contributed by atoms with van der Waals surface area (Å²) in [5.74, 6) is 0.593. The molecule has 0 saturated carbocycles. The lowest BCUT2D eigenvalue weighted by atomic mass is 10.1. The number of ether oxygens (including phenoxy) is 1. The van der Waals surface area contributed by atoms with Crippen molar-refractivity contribution in [1.29, 1.82) is 0 Å². The summed E-state index contributed by atoms with van der Waals surface area (Å²) in [6.45, 7) is 1.93. The van der Waals surface area contributed by atoms with Crippen molar-refractivity contribution < 1.29 is 14.6 Å². The van der Waals surface area contributed by atoms with Crippen molar-refractivity contribution in [2.24, 2.45) is 0 Å². The highest BCUT2D eigenvalue weighted by Crippen LogP contribution is 2.27. The molecule has 0 amide bonds. The number of carboxylic acid groups (broad SMARTS) is 1. The average Bonchev–Trinajstić information content (AvgIpc) is 2.39. The summed E-state index contributed by atoms with van der Waals surface area (Å²) >= 11 is 2.23. The first-order valence-corrected chi connectivity index (χ1v) is 7.07. The Morgan fingerprint density at radius 3 is 2.70 bits per heavy atom. The minimum absolute atomic E-state index is 0.763. The van der Waals surface area contributed by atoms with Crippen LogP contribution >= 0.6 is 22.6 Å². The van der Waals surface area contributed by atoms with E-state index in [9.17, 15) is 4.79 Å². The van der Waals surface area contributed by atoms with Crippen molar-refractivity contribution in [1.82, 2.24) is 0 Å². The topological polar surface area (TPSA) is 46.5 Å². The van der Waals surface area contributed by atoms with Crippen LogP contribution < -0.4 is 4.74 Å². The van der Waals surface area contributed by atoms with Gasteiger partial charge in [0.25, 0.3) is 0 Å². The third kappa shape index (κ3) is 4.09. The Morgan fingerprint density at radius 1 is 1.25 bits per heavy atom. The molecule has 0 aliphatic carbocycles. The standard InChI is InChI=1S/C16H13IO3/c1-11-9-12(6-8-16(18)19)5-7-15(11)20-14-4-2-3-13(17)10-14/h2-10H,1H3,(H,18,19). The summed E-state index contributed by atoms with van der Waals surface area (Å²) in [6.07, 6.45) is 2.68. The molecule has 0 aromatic heterocycles. The van der Waals surface area contributed by atoms with Crippen LogP contribution in [0.15, 0.2) is 48.5 Å². The predicted molar refractivity (Wildman–Crippen MR) is 87.1 cm³/mol. The molecule has 3 nitrogen and oxygen atoms in total. The Balaban J connectivity index is 2.20. The molecule has 0 saturated heterocycles. The summed E-state index contributed by atoms with van der Waals surface area (Å²) in [5.41, 5.74) is 1.79. The van der Waals surface area contributed by atoms with Crippen molar-refractivity contribution >= 4 is 34.6 Å². The fraction of sp³-hybridized carbons (Fsp3) is 0.0625. The Labute approximate surface area is 131 Å². The van der Waals surface area contributed by atoms with E-state index in [-0.39, 0.29) is 0 Å². The van der Waals surface area contributed by atoms with Gasteiger partial charge in [-0.1, -0.05) is 12.1 Å². The van der Waals surface area contributed by atoms with Crippen LogP contribution in [0.25, 0.3) is 6.08 Å². The van der Waals surface area contributed by atoms with Gasteiger partial charge in [-0.3, -0.25) is 0 Å². The minimum atomic E-state index is -0.957. The van der Waals surface area contributed by atoms with Gasteiger partial charge in [0.05, 0.1) is 0 Å². The predicted octanol–water partition coefficient (Wildman–Crippen LogP) is 4.49. The lowest BCUT2D eigenvalue weighted by molar-refractivity contribution is -0.131. The van der Waals surface area contributed by atoms with Gasteiger partial charge in [0.1, 0.15) is 11.5 Å². The summed E-state index contributed by atoms with van der Waals surface area (Å²) in [5, 5.41) is 8.61. The first kappa shape index (κ1) is 14.6. The third-order valence-electron chi connectivity index (χ3n) is 2.64. The maximum Gasteiger partial charge on any atom is 0.328 e. The Kier molecular flexibility index (Phi) is 4.79. The van der Waals surface area contributed by atoms with E-state index in [4.69, 9.17) is 9.84 Å². The highest BCUT2D eigenvalue weighted by molar-refractivity contribution is 14.1. The molecule has 0 radical (unpaired) electrons. The van der Waals surface area contributed by atoms with Gasteiger partial charge in [0, 0.05) is 9.65 Å². The summed E-state index contributed by atoms with van der Waals surface area (Å²) in [6, 6.07) is 13.4. The maximum absolute atomic E-state index is 10.5. The van der Waals surface area contributed by atoms with Gasteiger partial charge in [0.15, 0.2) is 0 Å². The van der Waals surface area contributed by atoms with Gasteiger partial charge in [-0.15, -0.1) is 0 Å². The molecule has 2 rings (SSSR count). The van der Waals surface area contributed by atoms with E-state index in [1.165, 1.54) is 0 Å². The molecule has 0 bridgehead atoms. The van der Waals surface area contributed by atoms with E-state index in [0.717, 1.165) is 32.3 Å². The fourth-order valence-corrected chi connectivity index (χ4v) is 2.23. The van der Waals surface area contributed by atoms with Crippen LogP contribution in [-0.2, 0) is 4.79 Å². The Bertz CT molecular complexity index is 663. The van der Waals surface area contributed by atoms with E-state index in [1.54, 1.807) is 6.08 Å². The van der Waals surface area contributed by atoms with Crippen molar-refractivity contribution in [3.8, 4) is 11.5 Å². The second-order valence-corrected chi connectivity index (χ2v) is 5.50. The fourth-order valence-electron chi connectivity index (χ4n) is 1.72. The van der Waals surface area contributed by atoms with E-state index in [0.29, 0.717) is 0 Å². The van der Waals surface area contributed by atoms with Crippen LogP contribution in [0.1, 0.15) is 11.1 Å². The van der Waals surface area contributed by atoms with Crippen LogP contribution in [0.2, 0.25) is 0 Å². The number of aryl methyl sites for hydroxylation is 1. The molecule has 0 spiro atoms. The highest BCUT2D eigenvalue weighted by Gasteiger charge is 2.02. The molecule has 0 fully saturated rings. The van der Waals surface area contributed by atoms with Gasteiger partial charge in [-0.2, -0.15) is 0 Å². The number of hydrogen-bond donors (Lipinski definition) is 1. The molecule has 0 unspecified atom stereocenters. The van der Waals surface area contributed by atoms with Gasteiger partial charge >= 0.3 is 5.97 Å². The van der Waals surface area contributed by atoms with Crippen LogP contribution in [-0.4, -0.2) is 11.1 Å². The highest BCUT2D eigenvalue weighted by atomic mass is 127. The lowest BCUT2D eigenvalue weighted by Crippen LogP contribution is -1.89. The summed E-state index contributed by atoms with van der Waals surface area (Å²) in [4.78, 5) is 10.5. The van der Waals surface area contributed by atoms with Crippen LogP contribution in [0, 0.1) is 10.5 Å². The molecule has 0 aliphatic rings. The molecule has 2 aromatic rings. The van der Waals surface area contributed by atoms with Crippen molar-refractivity contribution in [3.05, 3.63) is 63.2 Å². The zero-order chi connectivity index (χ0) is 14.5. The van der Waals surface area contributed by atoms with Crippen LogP contribution in [0.5, 0.6) is 11.5 Å². The van der Waals surface area contributed by atoms with Gasteiger partial charge in [-0.05, 0) is 77.0 Å². The Hall–Kier alpha value is -1.82. The normalized spacial score (nSPS) is 10.7. The van der Waals surface area contributed by atoms with E-state index in [2.05, 4.69) is 22.6 Å². The maximum atomic E-state index is 10.5. The SMILES string of the molecule is Cc1cc(C=CC(=O)O)ccc1Oc1cccc(I)c1. The van der Waals surface area contributed by atoms with Gasteiger partial charge in [-0.25, -0.2) is 4.79 Å². The number of hydrogen-bond acceptors (Lipinski definition) is 2. The average molecular weight is 380 g/mol. The van der Waals surface area contributed by atoms with Crippen LogP contribution in [0.3, 0.4) is 0 Å². The quantitative estimate of drug-likeness (QED) is 0.628. The number of carbonyl (C=O) groups is 1. The first-order valence-electron chi connectivity index (χ1n) is 6.00. The molecular weight excluding hydrogens is 367 g/mol. The second-order valence-electron chi connectivity index (χ2n) is 4.26. The van der Waals surface area contributed by atoms with Gasteiger partial charge in [0.2, 0.25) is 0 Å². The van der Waals surface area contributed by atoms with Crippen LogP contribution in [0.4, 0.5) is 0 Å². The second kappa shape index (κ2) is 6.56. The molecule has 2 aromatic carbocycles. The lowest BCUT2D eigenvalue weighted by Gasteiger charge is -2.09. The number of benzene rings is 2. The van der Waals surface area contributed by atoms with Gasteiger partial charge < -0.3 is 9.84 Å². The molecular formula is C16H13IO3. The third-order valence-corrected chi connectivity index (χ3v) is 3.31. The van der Waals surface area contributed by atoms with Crippen molar-refractivity contribution in [2.75, 3.05) is 0 Å². The number of rotatable bonds is 4. The number of halogens is 1. The largest absolute Gasteiger partial charge is 0.478 e. The molecule has 20 heavy (non-hydrogen) atoms. The number of aliphatic carboxylic acids is 1. The number of carboxylic acids is 1. The first-order chi connectivity index (χ1) is 9.54. The zero-order valence-electron chi connectivity index (χ0n) is 10.8. The molecule has 0 atom stereocenters. The molecule has 0 aliphatic heterocycles. The summed E-state index contributed by atoms with van der Waals surface area (Å²) in [7, 11) is 0. The van der Waals surface area contributed by atoms with Crippen molar-refractivity contribution in [2.45, 2.75) is 6.92 Å². The monoisotopic (exact) mass is 380 g/mol. The molecule has 4 heteroatoms. The molecule has 102 valence electrons. The summed E-state index contributed by atoms with van der Waals surface area (Å²) < 4.78 is 6.94. The van der Waals surface area contributed by atoms with Crippen molar-refractivity contribution in [3.63, 3.8) is 0 Å². The molecule has 1 N–H and O–H groups in total. The zero-order valence-corrected chi connectivity index (χ0v) is 13.0. The smallest absolute Gasteiger partial charge is 0.328 e. The molecule has 0 heterocycles. The van der Waals surface area contributed by atoms with E-state index >= 15 is 0 Å². The van der Waals surface area contributed by atoms with E-state index in [1.807, 2.05) is 49.4 Å². The van der Waals surface area contributed by atoms with E-state index < -0.39 is 5.97 Å². The minimum Gasteiger partial charge on any atom is -0.478 e.